The lowest BCUT2D eigenvalue weighted by Crippen LogP contribution is -2.32. The highest BCUT2D eigenvalue weighted by Crippen LogP contribution is 2.39. The molecule has 3 aromatic rings. The number of rotatable bonds is 6. The van der Waals surface area contributed by atoms with Gasteiger partial charge < -0.3 is 5.32 Å². The number of hydrogen-bond donors (Lipinski definition) is 2. The Labute approximate surface area is 198 Å². The third-order valence-corrected chi connectivity index (χ3v) is 7.10. The number of carbonyl (C=O) groups excluding carboxylic acids is 1. The van der Waals surface area contributed by atoms with Gasteiger partial charge in [-0.2, -0.15) is 16.9 Å². The summed E-state index contributed by atoms with van der Waals surface area (Å²) in [5.41, 5.74) is 6.38. The van der Waals surface area contributed by atoms with Gasteiger partial charge in [-0.1, -0.05) is 29.8 Å². The topological polar surface area (TPSA) is 61.0 Å². The number of hydrogen-bond acceptors (Lipinski definition) is 5. The highest BCUT2D eigenvalue weighted by atomic mass is 35.5. The highest BCUT2D eigenvalue weighted by molar-refractivity contribution is 7.99. The Bertz CT molecular complexity index is 1030. The van der Waals surface area contributed by atoms with Crippen molar-refractivity contribution in [1.29, 1.82) is 0 Å². The smallest absolute Gasteiger partial charge is 0.150 e. The number of anilines is 1. The van der Waals surface area contributed by atoms with E-state index in [2.05, 4.69) is 50.7 Å². The summed E-state index contributed by atoms with van der Waals surface area (Å²) < 4.78 is 0. The summed E-state index contributed by atoms with van der Waals surface area (Å²) in [5.74, 6) is 3.11. The number of benzene rings is 2. The molecular formula is C25H29ClN4OS. The molecule has 1 aliphatic carbocycles. The molecule has 2 heterocycles. The van der Waals surface area contributed by atoms with E-state index in [0.29, 0.717) is 5.56 Å². The van der Waals surface area contributed by atoms with E-state index in [1.54, 1.807) is 12.1 Å². The molecule has 32 heavy (non-hydrogen) atoms. The van der Waals surface area contributed by atoms with E-state index < -0.39 is 0 Å². The van der Waals surface area contributed by atoms with Crippen molar-refractivity contribution in [3.8, 4) is 11.3 Å². The number of carbonyl (C=O) groups is 1. The second-order valence-electron chi connectivity index (χ2n) is 8.17. The van der Waals surface area contributed by atoms with Crippen molar-refractivity contribution in [2.24, 2.45) is 0 Å². The van der Waals surface area contributed by atoms with E-state index in [9.17, 15) is 4.79 Å². The van der Waals surface area contributed by atoms with Crippen LogP contribution in [0.4, 0.5) is 5.69 Å². The van der Waals surface area contributed by atoms with E-state index >= 15 is 0 Å². The predicted octanol–water partition coefficient (Wildman–Crippen LogP) is 5.70. The number of H-pyrrole nitrogens is 1. The molecule has 0 amide bonds. The first kappa shape index (κ1) is 22.9. The number of halogens is 1. The van der Waals surface area contributed by atoms with Gasteiger partial charge in [-0.3, -0.25) is 14.8 Å². The number of aldehydes is 1. The third-order valence-electron chi connectivity index (χ3n) is 5.79. The van der Waals surface area contributed by atoms with Gasteiger partial charge in [0.15, 0.2) is 0 Å². The zero-order chi connectivity index (χ0) is 22.3. The molecular weight excluding hydrogens is 440 g/mol. The minimum absolute atomic E-state index is 0.700. The van der Waals surface area contributed by atoms with E-state index in [1.165, 1.54) is 35.6 Å². The molecule has 1 aliphatic heterocycles. The van der Waals surface area contributed by atoms with Crippen molar-refractivity contribution in [1.82, 2.24) is 15.1 Å². The Balaban J connectivity index is 0.000000153. The standard InChI is InChI=1S/C13H15N3.C12H14ClNOS/c1-14-11-6-4-10(5-7-11)13-8-12(15-16-13)9-2-3-9;13-12-2-1-10(9-15)7-11(12)8-14-3-5-16-6-4-14/h4-9,14H,2-3H2,1H3,(H,15,16);1-2,7,9H,3-6,8H2. The first-order valence-electron chi connectivity index (χ1n) is 11.0. The second-order valence-corrected chi connectivity index (χ2v) is 9.80. The van der Waals surface area contributed by atoms with Gasteiger partial charge in [0.05, 0.1) is 5.69 Å². The molecule has 1 saturated heterocycles. The van der Waals surface area contributed by atoms with Crippen LogP contribution in [-0.2, 0) is 6.54 Å². The molecule has 0 radical (unpaired) electrons. The van der Waals surface area contributed by atoms with Crippen molar-refractivity contribution in [3.63, 3.8) is 0 Å². The third kappa shape index (κ3) is 6.15. The normalized spacial score (nSPS) is 16.2. The maximum atomic E-state index is 10.7. The van der Waals surface area contributed by atoms with Gasteiger partial charge in [-0.25, -0.2) is 0 Å². The zero-order valence-electron chi connectivity index (χ0n) is 18.3. The first-order valence-corrected chi connectivity index (χ1v) is 12.6. The fourth-order valence-corrected chi connectivity index (χ4v) is 4.84. The van der Waals surface area contributed by atoms with Crippen LogP contribution in [0.3, 0.4) is 0 Å². The Morgan fingerprint density at radius 1 is 1.16 bits per heavy atom. The van der Waals surface area contributed by atoms with Gasteiger partial charge in [-0.05, 0) is 48.7 Å². The molecule has 2 fully saturated rings. The molecule has 0 bridgehead atoms. The summed E-state index contributed by atoms with van der Waals surface area (Å²) in [6.07, 6.45) is 3.48. The summed E-state index contributed by atoms with van der Waals surface area (Å²) in [7, 11) is 1.93. The summed E-state index contributed by atoms with van der Waals surface area (Å²) in [5, 5.41) is 11.4. The maximum absolute atomic E-state index is 10.7. The van der Waals surface area contributed by atoms with Gasteiger partial charge in [0.2, 0.25) is 0 Å². The van der Waals surface area contributed by atoms with Crippen LogP contribution in [0, 0.1) is 0 Å². The van der Waals surface area contributed by atoms with E-state index in [0.717, 1.165) is 53.8 Å². The molecule has 5 rings (SSSR count). The van der Waals surface area contributed by atoms with Crippen molar-refractivity contribution in [2.75, 3.05) is 37.0 Å². The Morgan fingerprint density at radius 3 is 2.56 bits per heavy atom. The van der Waals surface area contributed by atoms with Crippen LogP contribution in [0.5, 0.6) is 0 Å². The fourth-order valence-electron chi connectivity index (χ4n) is 3.68. The van der Waals surface area contributed by atoms with Crippen LogP contribution in [0.1, 0.15) is 40.4 Å². The summed E-state index contributed by atoms with van der Waals surface area (Å²) in [4.78, 5) is 13.1. The highest BCUT2D eigenvalue weighted by Gasteiger charge is 2.25. The largest absolute Gasteiger partial charge is 0.388 e. The van der Waals surface area contributed by atoms with Crippen molar-refractivity contribution in [3.05, 3.63) is 70.4 Å². The number of aromatic amines is 1. The summed E-state index contributed by atoms with van der Waals surface area (Å²) in [6.45, 7) is 3.06. The lowest BCUT2D eigenvalue weighted by atomic mass is 10.1. The summed E-state index contributed by atoms with van der Waals surface area (Å²) in [6, 6.07) is 16.0. The quantitative estimate of drug-likeness (QED) is 0.454. The van der Waals surface area contributed by atoms with Crippen molar-refractivity contribution < 1.29 is 4.79 Å². The lowest BCUT2D eigenvalue weighted by molar-refractivity contribution is 0.112. The van der Waals surface area contributed by atoms with Crippen LogP contribution in [0.15, 0.2) is 48.5 Å². The molecule has 5 nitrogen and oxygen atoms in total. The average molecular weight is 469 g/mol. The maximum Gasteiger partial charge on any atom is 0.150 e. The van der Waals surface area contributed by atoms with Crippen molar-refractivity contribution in [2.45, 2.75) is 25.3 Å². The Morgan fingerprint density at radius 2 is 1.91 bits per heavy atom. The molecule has 2 aliphatic rings. The molecule has 2 N–H and O–H groups in total. The Kier molecular flexibility index (Phi) is 7.90. The van der Waals surface area contributed by atoms with E-state index in [1.807, 2.05) is 24.9 Å². The van der Waals surface area contributed by atoms with Crippen LogP contribution in [0.2, 0.25) is 5.02 Å². The SMILES string of the molecule is CNc1ccc(-c2cc(C3CC3)[nH]n2)cc1.O=Cc1ccc(Cl)c(CN2CCSCC2)c1. The summed E-state index contributed by atoms with van der Waals surface area (Å²) >= 11 is 8.11. The first-order chi connectivity index (χ1) is 15.7. The minimum Gasteiger partial charge on any atom is -0.388 e. The van der Waals surface area contributed by atoms with Gasteiger partial charge in [0, 0.05) is 71.6 Å². The predicted molar refractivity (Wildman–Crippen MR) is 135 cm³/mol. The van der Waals surface area contributed by atoms with Gasteiger partial charge in [-0.15, -0.1) is 0 Å². The van der Waals surface area contributed by atoms with Crippen LogP contribution < -0.4 is 5.32 Å². The van der Waals surface area contributed by atoms with Crippen LogP contribution >= 0.6 is 23.4 Å². The van der Waals surface area contributed by atoms with E-state index in [-0.39, 0.29) is 0 Å². The average Bonchev–Trinajstić information content (AvgIpc) is 3.58. The monoisotopic (exact) mass is 468 g/mol. The molecule has 0 atom stereocenters. The van der Waals surface area contributed by atoms with Crippen molar-refractivity contribution >= 4 is 35.3 Å². The zero-order valence-corrected chi connectivity index (χ0v) is 19.9. The molecule has 2 aromatic carbocycles. The number of nitrogens with one attached hydrogen (secondary N) is 2. The van der Waals surface area contributed by atoms with Gasteiger partial charge in [0.25, 0.3) is 0 Å². The lowest BCUT2D eigenvalue weighted by Gasteiger charge is -2.26. The van der Waals surface area contributed by atoms with Crippen LogP contribution in [0.25, 0.3) is 11.3 Å². The number of nitrogens with zero attached hydrogens (tertiary/aromatic N) is 2. The molecule has 168 valence electrons. The molecule has 1 saturated carbocycles. The van der Waals surface area contributed by atoms with Crippen LogP contribution in [-0.4, -0.2) is 53.0 Å². The molecule has 0 spiro atoms. The Hall–Kier alpha value is -2.28. The number of aromatic nitrogens is 2. The molecule has 0 unspecified atom stereocenters. The second kappa shape index (κ2) is 11.0. The van der Waals surface area contributed by atoms with Gasteiger partial charge in [0.1, 0.15) is 6.29 Å². The van der Waals surface area contributed by atoms with E-state index in [4.69, 9.17) is 11.6 Å². The fraction of sp³-hybridized carbons (Fsp3) is 0.360. The van der Waals surface area contributed by atoms with Gasteiger partial charge >= 0.3 is 0 Å². The molecule has 1 aromatic heterocycles. The molecule has 7 heteroatoms. The minimum atomic E-state index is 0.700. The number of thioether (sulfide) groups is 1.